The Morgan fingerprint density at radius 1 is 0.688 bits per heavy atom. The second kappa shape index (κ2) is 7.17. The van der Waals surface area contributed by atoms with Crippen LogP contribution in [0.1, 0.15) is 34.4 Å². The molecule has 0 radical (unpaired) electrons. The van der Waals surface area contributed by atoms with E-state index < -0.39 is 35.6 Å². The van der Waals surface area contributed by atoms with Crippen LogP contribution >= 0.6 is 0 Å². The van der Waals surface area contributed by atoms with E-state index in [-0.39, 0.29) is 22.5 Å². The van der Waals surface area contributed by atoms with Crippen molar-refractivity contribution in [3.63, 3.8) is 0 Å². The first-order valence-electron chi connectivity index (χ1n) is 9.93. The van der Waals surface area contributed by atoms with Gasteiger partial charge in [0, 0.05) is 32.9 Å². The zero-order chi connectivity index (χ0) is 22.6. The molecule has 2 heterocycles. The number of nitriles is 2. The molecule has 0 aliphatic heterocycles. The van der Waals surface area contributed by atoms with Crippen molar-refractivity contribution in [1.82, 2.24) is 9.97 Å². The fraction of sp³-hybridized carbons (Fsp3) is 0.167. The number of benzene rings is 2. The third kappa shape index (κ3) is 2.61. The molecule has 8 heteroatoms. The standard InChI is InChI=1S/C24H16N4O4/c25-9-15-17(11-5-1-3-7-13(11)27-15)19-21(29)23(31)20(24(32)22(19)30)18-12-6-2-4-8-14(12)28-16(18)10-26/h1-8,19-21,24,27-29,32H. The van der Waals surface area contributed by atoms with E-state index >= 15 is 0 Å². The average Bonchev–Trinajstić information content (AvgIpc) is 3.37. The number of nitrogens with one attached hydrogen (secondary N) is 2. The SMILES string of the molecule is N#Cc1[nH]c2ccccc2c1C1C(=O)C(O)C(c2c(C#N)[nH]c3ccccc23)C(=O)C1O. The van der Waals surface area contributed by atoms with Gasteiger partial charge in [0.2, 0.25) is 0 Å². The van der Waals surface area contributed by atoms with Crippen LogP contribution in [0.25, 0.3) is 21.8 Å². The van der Waals surface area contributed by atoms with Crippen LogP contribution in [0.5, 0.6) is 0 Å². The smallest absolute Gasteiger partial charge is 0.172 e. The summed E-state index contributed by atoms with van der Waals surface area (Å²) in [6, 6.07) is 17.7. The van der Waals surface area contributed by atoms with Crippen LogP contribution in [0.2, 0.25) is 0 Å². The van der Waals surface area contributed by atoms with E-state index in [2.05, 4.69) is 9.97 Å². The maximum absolute atomic E-state index is 13.4. The Morgan fingerprint density at radius 2 is 1.06 bits per heavy atom. The number of ketones is 2. The molecule has 0 saturated heterocycles. The summed E-state index contributed by atoms with van der Waals surface area (Å²) in [6.07, 6.45) is -3.58. The lowest BCUT2D eigenvalue weighted by Crippen LogP contribution is -2.51. The zero-order valence-corrected chi connectivity index (χ0v) is 16.5. The number of H-pyrrole nitrogens is 2. The number of nitrogens with zero attached hydrogens (tertiary/aromatic N) is 2. The molecule has 0 spiro atoms. The maximum atomic E-state index is 13.4. The quantitative estimate of drug-likeness (QED) is 0.387. The number of Topliss-reactive ketones (excluding diaryl/α,β-unsaturated/α-hetero) is 2. The molecule has 4 unspecified atom stereocenters. The van der Waals surface area contributed by atoms with Crippen molar-refractivity contribution >= 4 is 33.4 Å². The predicted octanol–water partition coefficient (Wildman–Crippen LogP) is 2.13. The third-order valence-corrected chi connectivity index (χ3v) is 6.17. The highest BCUT2D eigenvalue weighted by atomic mass is 16.3. The first-order chi connectivity index (χ1) is 15.5. The normalized spacial score (nSPS) is 23.4. The molecule has 4 atom stereocenters. The molecule has 8 nitrogen and oxygen atoms in total. The Balaban J connectivity index is 1.68. The lowest BCUT2D eigenvalue weighted by Gasteiger charge is -2.34. The van der Waals surface area contributed by atoms with Crippen LogP contribution in [-0.4, -0.2) is 44.0 Å². The highest BCUT2D eigenvalue weighted by Gasteiger charge is 2.52. The molecule has 1 saturated carbocycles. The van der Waals surface area contributed by atoms with Gasteiger partial charge in [-0.25, -0.2) is 0 Å². The van der Waals surface area contributed by atoms with E-state index in [1.807, 2.05) is 12.1 Å². The van der Waals surface area contributed by atoms with Crippen molar-refractivity contribution in [2.75, 3.05) is 0 Å². The summed E-state index contributed by atoms with van der Waals surface area (Å²) in [4.78, 5) is 32.5. The van der Waals surface area contributed by atoms with Crippen molar-refractivity contribution in [2.45, 2.75) is 24.0 Å². The molecule has 5 rings (SSSR count). The van der Waals surface area contributed by atoms with Gasteiger partial charge in [0.1, 0.15) is 35.7 Å². The van der Waals surface area contributed by atoms with Gasteiger partial charge in [-0.3, -0.25) is 9.59 Å². The van der Waals surface area contributed by atoms with Gasteiger partial charge in [-0.15, -0.1) is 0 Å². The van der Waals surface area contributed by atoms with Crippen molar-refractivity contribution in [3.8, 4) is 12.1 Å². The number of hydrogen-bond acceptors (Lipinski definition) is 6. The van der Waals surface area contributed by atoms with E-state index in [1.54, 1.807) is 48.5 Å². The van der Waals surface area contributed by atoms with Gasteiger partial charge >= 0.3 is 0 Å². The highest BCUT2D eigenvalue weighted by molar-refractivity contribution is 6.11. The van der Waals surface area contributed by atoms with Crippen molar-refractivity contribution < 1.29 is 19.8 Å². The summed E-state index contributed by atoms with van der Waals surface area (Å²) in [6.45, 7) is 0. The van der Waals surface area contributed by atoms with E-state index in [9.17, 15) is 30.3 Å². The van der Waals surface area contributed by atoms with E-state index in [0.29, 0.717) is 21.8 Å². The van der Waals surface area contributed by atoms with Crippen LogP contribution in [0.15, 0.2) is 48.5 Å². The molecule has 2 aromatic carbocycles. The predicted molar refractivity (Wildman–Crippen MR) is 114 cm³/mol. The summed E-state index contributed by atoms with van der Waals surface area (Å²) in [5, 5.41) is 42.2. The van der Waals surface area contributed by atoms with Crippen molar-refractivity contribution in [2.24, 2.45) is 0 Å². The number of aromatic nitrogens is 2. The van der Waals surface area contributed by atoms with Gasteiger partial charge in [-0.2, -0.15) is 10.5 Å². The van der Waals surface area contributed by atoms with Crippen molar-refractivity contribution in [1.29, 1.82) is 10.5 Å². The van der Waals surface area contributed by atoms with Gasteiger partial charge < -0.3 is 20.2 Å². The summed E-state index contributed by atoms with van der Waals surface area (Å²) in [5.74, 6) is -4.37. The molecule has 0 amide bonds. The largest absolute Gasteiger partial charge is 0.384 e. The Bertz CT molecular complexity index is 1390. The van der Waals surface area contributed by atoms with Gasteiger partial charge in [-0.05, 0) is 12.1 Å². The Hall–Kier alpha value is -4.24. The minimum absolute atomic E-state index is 0.0480. The summed E-state index contributed by atoms with van der Waals surface area (Å²) < 4.78 is 0. The monoisotopic (exact) mass is 424 g/mol. The van der Waals surface area contributed by atoms with Gasteiger partial charge in [-0.1, -0.05) is 36.4 Å². The number of carbonyl (C=O) groups excluding carboxylic acids is 2. The van der Waals surface area contributed by atoms with Gasteiger partial charge in [0.15, 0.2) is 11.6 Å². The molecular formula is C24H16N4O4. The average molecular weight is 424 g/mol. The second-order valence-electron chi connectivity index (χ2n) is 7.79. The molecule has 156 valence electrons. The van der Waals surface area contributed by atoms with Crippen LogP contribution in [0.3, 0.4) is 0 Å². The molecule has 0 bridgehead atoms. The molecule has 1 aliphatic carbocycles. The number of fused-ring (bicyclic) bond motifs is 2. The van der Waals surface area contributed by atoms with Crippen LogP contribution in [0, 0.1) is 22.7 Å². The van der Waals surface area contributed by atoms with E-state index in [0.717, 1.165) is 0 Å². The number of aliphatic hydroxyl groups excluding tert-OH is 2. The Morgan fingerprint density at radius 3 is 1.44 bits per heavy atom. The molecule has 4 aromatic rings. The summed E-state index contributed by atoms with van der Waals surface area (Å²) in [7, 11) is 0. The fourth-order valence-corrected chi connectivity index (χ4v) is 4.76. The maximum Gasteiger partial charge on any atom is 0.172 e. The van der Waals surface area contributed by atoms with Crippen molar-refractivity contribution in [3.05, 3.63) is 71.0 Å². The first kappa shape index (κ1) is 19.7. The van der Waals surface area contributed by atoms with Gasteiger partial charge in [0.05, 0.1) is 11.8 Å². The Labute approximate surface area is 181 Å². The first-order valence-corrected chi connectivity index (χ1v) is 9.93. The number of aliphatic hydroxyl groups is 2. The third-order valence-electron chi connectivity index (χ3n) is 6.17. The molecular weight excluding hydrogens is 408 g/mol. The second-order valence-corrected chi connectivity index (χ2v) is 7.79. The molecule has 2 aromatic heterocycles. The topological polar surface area (TPSA) is 154 Å². The van der Waals surface area contributed by atoms with Gasteiger partial charge in [0.25, 0.3) is 0 Å². The van der Waals surface area contributed by atoms with Crippen LogP contribution < -0.4 is 0 Å². The van der Waals surface area contributed by atoms with Crippen LogP contribution in [-0.2, 0) is 9.59 Å². The van der Waals surface area contributed by atoms with E-state index in [4.69, 9.17) is 0 Å². The number of aromatic amines is 2. The summed E-state index contributed by atoms with van der Waals surface area (Å²) in [5.41, 5.74) is 1.62. The molecule has 32 heavy (non-hydrogen) atoms. The zero-order valence-electron chi connectivity index (χ0n) is 16.5. The number of para-hydroxylation sites is 2. The number of carbonyl (C=O) groups is 2. The fourth-order valence-electron chi connectivity index (χ4n) is 4.76. The molecule has 4 N–H and O–H groups in total. The minimum Gasteiger partial charge on any atom is -0.384 e. The molecule has 1 aliphatic rings. The van der Waals surface area contributed by atoms with E-state index in [1.165, 1.54) is 0 Å². The lowest BCUT2D eigenvalue weighted by atomic mass is 9.69. The highest BCUT2D eigenvalue weighted by Crippen LogP contribution is 2.42. The minimum atomic E-state index is -1.79. The Kier molecular flexibility index (Phi) is 4.42. The number of hydrogen-bond donors (Lipinski definition) is 4. The molecule has 1 fully saturated rings. The number of rotatable bonds is 2. The summed E-state index contributed by atoms with van der Waals surface area (Å²) >= 11 is 0. The van der Waals surface area contributed by atoms with Crippen LogP contribution in [0.4, 0.5) is 0 Å². The lowest BCUT2D eigenvalue weighted by molar-refractivity contribution is -0.149.